The second-order valence-corrected chi connectivity index (χ2v) is 10.2. The molecule has 16 nitrogen and oxygen atoms in total. The third-order valence-electron chi connectivity index (χ3n) is 4.90. The maximum Gasteiger partial charge on any atom is 0.472 e. The molecule has 1 aromatic heterocycles. The minimum absolute atomic E-state index is 0.110. The Morgan fingerprint density at radius 3 is 2.53 bits per heavy atom. The van der Waals surface area contributed by atoms with Crippen LogP contribution in [0.15, 0.2) is 17.1 Å². The summed E-state index contributed by atoms with van der Waals surface area (Å²) in [6, 6.07) is 1.23. The van der Waals surface area contributed by atoms with Gasteiger partial charge in [-0.2, -0.15) is 4.98 Å². The predicted molar refractivity (Wildman–Crippen MR) is 115 cm³/mol. The van der Waals surface area contributed by atoms with Crippen LogP contribution in [0.2, 0.25) is 0 Å². The van der Waals surface area contributed by atoms with Crippen LogP contribution in [0.5, 0.6) is 0 Å². The molecule has 0 bridgehead atoms. The molecule has 0 aromatic carbocycles. The molecule has 1 saturated heterocycles. The van der Waals surface area contributed by atoms with Gasteiger partial charge in [-0.25, -0.2) is 13.9 Å². The minimum atomic E-state index is -4.98. The molecular weight excluding hydrogens is 502 g/mol. The molecule has 196 valence electrons. The fraction of sp³-hybridized carbons (Fsp3) is 0.750. The van der Waals surface area contributed by atoms with Gasteiger partial charge in [-0.15, -0.1) is 0 Å². The van der Waals surface area contributed by atoms with Gasteiger partial charge in [-0.1, -0.05) is 6.42 Å². The molecule has 4 unspecified atom stereocenters. The Bertz CT molecular complexity index is 943. The molecule has 1 aliphatic heterocycles. The number of anilines is 1. The van der Waals surface area contributed by atoms with Crippen LogP contribution in [0.1, 0.15) is 25.5 Å². The van der Waals surface area contributed by atoms with Crippen molar-refractivity contribution < 1.29 is 52.3 Å². The number of aromatic nitrogens is 2. The lowest BCUT2D eigenvalue weighted by Crippen LogP contribution is -2.37. The zero-order valence-corrected chi connectivity index (χ0v) is 19.8. The summed E-state index contributed by atoms with van der Waals surface area (Å²) in [4.78, 5) is 43.7. The SMILES string of the molecule is NCCCCC(CO)COP(=O)(O)OC1C(O)[C@H](n2ccc(N)nc2=O)O[C@@H]1COP(=O)(O)O. The van der Waals surface area contributed by atoms with Crippen LogP contribution < -0.4 is 17.2 Å². The molecule has 6 atom stereocenters. The predicted octanol–water partition coefficient (Wildman–Crippen LogP) is -1.57. The van der Waals surface area contributed by atoms with Crippen LogP contribution in [-0.4, -0.2) is 79.1 Å². The van der Waals surface area contributed by atoms with Crippen molar-refractivity contribution in [1.29, 1.82) is 0 Å². The lowest BCUT2D eigenvalue weighted by atomic mass is 10.0. The van der Waals surface area contributed by atoms with Crippen LogP contribution in [-0.2, 0) is 27.4 Å². The van der Waals surface area contributed by atoms with E-state index in [0.717, 1.165) is 10.8 Å². The maximum absolute atomic E-state index is 12.5. The molecule has 9 N–H and O–H groups in total. The number of phosphoric acid groups is 2. The number of hydrogen-bond acceptors (Lipinski definition) is 12. The first-order valence-corrected chi connectivity index (χ1v) is 13.2. The van der Waals surface area contributed by atoms with E-state index in [2.05, 4.69) is 9.51 Å². The number of unbranched alkanes of at least 4 members (excludes halogenated alkanes) is 1. The van der Waals surface area contributed by atoms with E-state index in [4.69, 9.17) is 35.0 Å². The average Bonchev–Trinajstić information content (AvgIpc) is 3.03. The van der Waals surface area contributed by atoms with Gasteiger partial charge in [0.25, 0.3) is 0 Å². The van der Waals surface area contributed by atoms with Crippen molar-refractivity contribution in [2.24, 2.45) is 11.7 Å². The molecule has 0 radical (unpaired) electrons. The molecule has 1 fully saturated rings. The Morgan fingerprint density at radius 2 is 1.94 bits per heavy atom. The Kier molecular flexibility index (Phi) is 10.8. The van der Waals surface area contributed by atoms with Gasteiger partial charge < -0.3 is 41.1 Å². The van der Waals surface area contributed by atoms with E-state index >= 15 is 0 Å². The lowest BCUT2D eigenvalue weighted by molar-refractivity contribution is -0.0543. The number of nitrogens with zero attached hydrogens (tertiary/aromatic N) is 2. The number of rotatable bonds is 14. The van der Waals surface area contributed by atoms with Crippen LogP contribution in [0.3, 0.4) is 0 Å². The van der Waals surface area contributed by atoms with E-state index in [-0.39, 0.29) is 19.0 Å². The number of hydrogen-bond donors (Lipinski definition) is 7. The Balaban J connectivity index is 2.16. The van der Waals surface area contributed by atoms with Gasteiger partial charge in [0.2, 0.25) is 0 Å². The van der Waals surface area contributed by atoms with Gasteiger partial charge in [0, 0.05) is 18.7 Å². The highest BCUT2D eigenvalue weighted by atomic mass is 31.2. The Hall–Kier alpha value is -1.26. The Morgan fingerprint density at radius 1 is 1.24 bits per heavy atom. The first-order chi connectivity index (χ1) is 15.9. The lowest BCUT2D eigenvalue weighted by Gasteiger charge is -2.24. The van der Waals surface area contributed by atoms with E-state index < -0.39 is 58.4 Å². The average molecular weight is 532 g/mol. The van der Waals surface area contributed by atoms with Crippen LogP contribution in [0, 0.1) is 5.92 Å². The fourth-order valence-corrected chi connectivity index (χ4v) is 4.56. The first kappa shape index (κ1) is 29.0. The first-order valence-electron chi connectivity index (χ1n) is 10.2. The molecule has 0 spiro atoms. The molecule has 34 heavy (non-hydrogen) atoms. The normalized spacial score (nSPS) is 25.8. The summed E-state index contributed by atoms with van der Waals surface area (Å²) >= 11 is 0. The van der Waals surface area contributed by atoms with Gasteiger partial charge >= 0.3 is 21.3 Å². The quantitative estimate of drug-likeness (QED) is 0.105. The van der Waals surface area contributed by atoms with Gasteiger partial charge in [-0.05, 0) is 25.5 Å². The molecule has 1 aromatic rings. The summed E-state index contributed by atoms with van der Waals surface area (Å²) in [5.74, 6) is -0.595. The third-order valence-corrected chi connectivity index (χ3v) is 6.37. The van der Waals surface area contributed by atoms with Gasteiger partial charge in [0.1, 0.15) is 24.1 Å². The third kappa shape index (κ3) is 8.75. The summed E-state index contributed by atoms with van der Waals surface area (Å²) in [5, 5.41) is 20.1. The van der Waals surface area contributed by atoms with E-state index in [9.17, 15) is 29.0 Å². The van der Waals surface area contributed by atoms with E-state index in [0.29, 0.717) is 25.8 Å². The highest BCUT2D eigenvalue weighted by Gasteiger charge is 2.50. The van der Waals surface area contributed by atoms with Crippen molar-refractivity contribution >= 4 is 21.5 Å². The van der Waals surface area contributed by atoms with Gasteiger partial charge in [-0.3, -0.25) is 18.1 Å². The zero-order valence-electron chi connectivity index (χ0n) is 18.0. The summed E-state index contributed by atoms with van der Waals surface area (Å²) in [7, 11) is -9.85. The number of phosphoric ester groups is 2. The molecule has 0 amide bonds. The largest absolute Gasteiger partial charge is 0.472 e. The van der Waals surface area contributed by atoms with Crippen molar-refractivity contribution in [1.82, 2.24) is 9.55 Å². The molecule has 2 heterocycles. The van der Waals surface area contributed by atoms with Gasteiger partial charge in [0.15, 0.2) is 6.23 Å². The Labute approximate surface area is 194 Å². The van der Waals surface area contributed by atoms with E-state index in [1.165, 1.54) is 6.07 Å². The monoisotopic (exact) mass is 532 g/mol. The summed E-state index contributed by atoms with van der Waals surface area (Å²) < 4.78 is 44.2. The number of nitrogens with two attached hydrogens (primary N) is 2. The van der Waals surface area contributed by atoms with Crippen molar-refractivity contribution in [3.63, 3.8) is 0 Å². The standard InChI is InChI=1S/C16H30N4O12P2/c17-5-2-1-3-10(7-21)8-30-34(27,28)32-14-11(9-29-33(24,25)26)31-15(13(14)22)20-6-4-12(18)19-16(20)23/h4,6,10-11,13-15,21-22H,1-3,5,7-9,17H2,(H,27,28)(H2,18,19,23)(H2,24,25,26)/t10?,11-,13?,14?,15-/m1/s1. The van der Waals surface area contributed by atoms with Gasteiger partial charge in [0.05, 0.1) is 13.2 Å². The topological polar surface area (TPSA) is 259 Å². The number of nitrogen functional groups attached to an aromatic ring is 1. The second kappa shape index (κ2) is 12.6. The summed E-state index contributed by atoms with van der Waals surface area (Å²) in [6.45, 7) is -1.09. The molecule has 0 aliphatic carbocycles. The fourth-order valence-electron chi connectivity index (χ4n) is 3.19. The highest BCUT2D eigenvalue weighted by Crippen LogP contribution is 2.49. The second-order valence-electron chi connectivity index (χ2n) is 7.55. The van der Waals surface area contributed by atoms with Crippen LogP contribution >= 0.6 is 15.6 Å². The molecular formula is C16H30N4O12P2. The highest BCUT2D eigenvalue weighted by molar-refractivity contribution is 7.47. The number of aliphatic hydroxyl groups excluding tert-OH is 2. The van der Waals surface area contributed by atoms with Crippen molar-refractivity contribution in [2.45, 2.75) is 43.8 Å². The number of aliphatic hydroxyl groups is 2. The van der Waals surface area contributed by atoms with Crippen LogP contribution in [0.4, 0.5) is 5.82 Å². The minimum Gasteiger partial charge on any atom is -0.396 e. The van der Waals surface area contributed by atoms with Crippen molar-refractivity contribution in [3.05, 3.63) is 22.7 Å². The molecule has 1 aliphatic rings. The van der Waals surface area contributed by atoms with Crippen molar-refractivity contribution in [2.75, 3.05) is 32.1 Å². The summed E-state index contributed by atoms with van der Waals surface area (Å²) in [6.07, 6.45) is -3.54. The van der Waals surface area contributed by atoms with Crippen LogP contribution in [0.25, 0.3) is 0 Å². The van der Waals surface area contributed by atoms with E-state index in [1.807, 2.05) is 0 Å². The van der Waals surface area contributed by atoms with E-state index in [1.54, 1.807) is 0 Å². The molecule has 0 saturated carbocycles. The smallest absolute Gasteiger partial charge is 0.396 e. The molecule has 2 rings (SSSR count). The van der Waals surface area contributed by atoms with Crippen molar-refractivity contribution in [3.8, 4) is 0 Å². The number of ether oxygens (including phenoxy) is 1. The summed E-state index contributed by atoms with van der Waals surface area (Å²) in [5.41, 5.74) is 9.92. The zero-order chi connectivity index (χ0) is 25.5. The molecule has 18 heteroatoms. The maximum atomic E-state index is 12.5.